The normalized spacial score (nSPS) is 13.8. The first-order valence-corrected chi connectivity index (χ1v) is 6.19. The second-order valence-electron chi connectivity index (χ2n) is 3.38. The number of Topliss-reactive ketones (excluding diaryl/α,β-unsaturated/α-hetero) is 1. The van der Waals surface area contributed by atoms with Crippen LogP contribution in [0.5, 0.6) is 0 Å². The van der Waals surface area contributed by atoms with E-state index in [1.807, 2.05) is 18.2 Å². The maximum Gasteiger partial charge on any atom is 0.183 e. The second kappa shape index (κ2) is 6.61. The summed E-state index contributed by atoms with van der Waals surface area (Å²) in [6, 6.07) is 8.14. The van der Waals surface area contributed by atoms with E-state index in [2.05, 4.69) is 21.2 Å². The van der Waals surface area contributed by atoms with Gasteiger partial charge in [-0.15, -0.1) is 11.6 Å². The van der Waals surface area contributed by atoms with Gasteiger partial charge in [-0.25, -0.2) is 0 Å². The molecule has 0 saturated carbocycles. The highest BCUT2D eigenvalue weighted by molar-refractivity contribution is 9.10. The first-order chi connectivity index (χ1) is 8.00. The van der Waals surface area contributed by atoms with E-state index in [1.54, 1.807) is 12.1 Å². The summed E-state index contributed by atoms with van der Waals surface area (Å²) in [5, 5.41) is 12.5. The molecule has 17 heavy (non-hydrogen) atoms. The molecule has 6 heteroatoms. The molecule has 0 aromatic heterocycles. The minimum atomic E-state index is -1.50. The van der Waals surface area contributed by atoms with Crippen molar-refractivity contribution in [2.24, 2.45) is 0 Å². The van der Waals surface area contributed by atoms with E-state index in [4.69, 9.17) is 11.6 Å². The molecule has 1 aromatic carbocycles. The Kier molecular flexibility index (Phi) is 5.44. The van der Waals surface area contributed by atoms with E-state index in [0.717, 1.165) is 5.56 Å². The van der Waals surface area contributed by atoms with Gasteiger partial charge in [-0.05, 0) is 12.0 Å². The molecule has 0 bridgehead atoms. The van der Waals surface area contributed by atoms with Crippen LogP contribution in [0.2, 0.25) is 0 Å². The molecule has 0 aliphatic rings. The Morgan fingerprint density at radius 2 is 1.94 bits per heavy atom. The van der Waals surface area contributed by atoms with E-state index in [-0.39, 0.29) is 6.42 Å². The minimum absolute atomic E-state index is 0.239. The van der Waals surface area contributed by atoms with E-state index in [1.165, 1.54) is 0 Å². The molecule has 1 aromatic rings. The van der Waals surface area contributed by atoms with E-state index in [9.17, 15) is 14.7 Å². The zero-order valence-electron chi connectivity index (χ0n) is 8.73. The number of ketones is 1. The van der Waals surface area contributed by atoms with E-state index < -0.39 is 22.2 Å². The predicted molar refractivity (Wildman–Crippen MR) is 66.0 cm³/mol. The van der Waals surface area contributed by atoms with Gasteiger partial charge in [0.2, 0.25) is 0 Å². The van der Waals surface area contributed by atoms with Crippen molar-refractivity contribution in [3.8, 4) is 0 Å². The molecule has 0 saturated heterocycles. The van der Waals surface area contributed by atoms with Crippen LogP contribution in [0.4, 0.5) is 4.79 Å². The van der Waals surface area contributed by atoms with Crippen molar-refractivity contribution >= 4 is 39.4 Å². The molecule has 0 aliphatic carbocycles. The number of benzene rings is 1. The van der Waals surface area contributed by atoms with E-state index in [0.29, 0.717) is 0 Å². The third kappa shape index (κ3) is 4.75. The molecule has 0 fully saturated rings. The largest absolute Gasteiger partial charge is 0.530 e. The van der Waals surface area contributed by atoms with Gasteiger partial charge in [0.25, 0.3) is 0 Å². The van der Waals surface area contributed by atoms with Gasteiger partial charge in [-0.1, -0.05) is 46.3 Å². The highest BCUT2D eigenvalue weighted by Crippen LogP contribution is 2.12. The molecule has 0 radical (unpaired) electrons. The van der Waals surface area contributed by atoms with Crippen LogP contribution in [0.3, 0.4) is 0 Å². The maximum atomic E-state index is 11.7. The molecule has 0 heterocycles. The molecule has 2 atom stereocenters. The van der Waals surface area contributed by atoms with Gasteiger partial charge < -0.3 is 15.2 Å². The lowest BCUT2D eigenvalue weighted by atomic mass is 10.0. The van der Waals surface area contributed by atoms with Crippen LogP contribution < -0.4 is 10.4 Å². The van der Waals surface area contributed by atoms with Crippen molar-refractivity contribution in [1.29, 1.82) is 0 Å². The number of hydrogen-bond acceptors (Lipinski definition) is 3. The maximum absolute atomic E-state index is 11.7. The summed E-state index contributed by atoms with van der Waals surface area (Å²) in [5.74, 6) is -0.445. The zero-order chi connectivity index (χ0) is 12.8. The van der Waals surface area contributed by atoms with Crippen molar-refractivity contribution in [2.75, 3.05) is 0 Å². The first-order valence-electron chi connectivity index (χ1n) is 4.84. The third-order valence-electron chi connectivity index (χ3n) is 2.13. The Labute approximate surface area is 112 Å². The average molecular weight is 320 g/mol. The van der Waals surface area contributed by atoms with Crippen LogP contribution in [0.15, 0.2) is 30.3 Å². The van der Waals surface area contributed by atoms with Crippen LogP contribution in [-0.4, -0.2) is 22.2 Å². The summed E-state index contributed by atoms with van der Waals surface area (Å²) in [6.45, 7) is 0. The second-order valence-corrected chi connectivity index (χ2v) is 5.26. The summed E-state index contributed by atoms with van der Waals surface area (Å²) >= 11 is 8.49. The molecule has 0 spiro atoms. The number of hydrogen-bond donors (Lipinski definition) is 1. The van der Waals surface area contributed by atoms with Gasteiger partial charge in [0.15, 0.2) is 5.78 Å². The smallest absolute Gasteiger partial charge is 0.183 e. The zero-order valence-corrected chi connectivity index (χ0v) is 11.1. The van der Waals surface area contributed by atoms with Gasteiger partial charge in [0.1, 0.15) is 10.4 Å². The molecule has 2 unspecified atom stereocenters. The summed E-state index contributed by atoms with van der Waals surface area (Å²) in [4.78, 5) is 22.1. The number of carbonyl (C=O) groups is 2. The fourth-order valence-electron chi connectivity index (χ4n) is 1.37. The monoisotopic (exact) mass is 318 g/mol. The minimum Gasteiger partial charge on any atom is -0.530 e. The predicted octanol–water partition coefficient (Wildman–Crippen LogP) is 1.06. The average Bonchev–Trinajstić information content (AvgIpc) is 2.28. The Morgan fingerprint density at radius 1 is 1.35 bits per heavy atom. The number of halogens is 2. The quantitative estimate of drug-likeness (QED) is 0.825. The fourth-order valence-corrected chi connectivity index (χ4v) is 1.84. The first kappa shape index (κ1) is 14.0. The number of rotatable bonds is 5. The van der Waals surface area contributed by atoms with Crippen molar-refractivity contribution in [3.05, 3.63) is 35.9 Å². The lowest BCUT2D eigenvalue weighted by molar-refractivity contribution is -0.251. The Bertz CT molecular complexity index is 397. The van der Waals surface area contributed by atoms with Crippen LogP contribution in [0, 0.1) is 0 Å². The lowest BCUT2D eigenvalue weighted by Gasteiger charge is -2.19. The van der Waals surface area contributed by atoms with Crippen molar-refractivity contribution in [2.45, 2.75) is 16.7 Å². The van der Waals surface area contributed by atoms with Gasteiger partial charge >= 0.3 is 0 Å². The van der Waals surface area contributed by atoms with Gasteiger partial charge in [-0.3, -0.25) is 4.79 Å². The SMILES string of the molecule is O=C([O-])NC(Cc1ccccc1)C(=O)C(Cl)Br. The standard InChI is InChI=1S/C11H11BrClNO3/c12-10(13)9(15)8(14-11(16)17)6-7-4-2-1-3-5-7/h1-5,8,10,14H,6H2,(H,16,17)/p-1. The molecule has 1 rings (SSSR count). The highest BCUT2D eigenvalue weighted by atomic mass is 79.9. The van der Waals surface area contributed by atoms with Gasteiger partial charge in [0, 0.05) is 0 Å². The summed E-state index contributed by atoms with van der Waals surface area (Å²) in [7, 11) is 0. The Balaban J connectivity index is 2.77. The molecule has 1 amide bonds. The van der Waals surface area contributed by atoms with Crippen LogP contribution in [-0.2, 0) is 11.2 Å². The Hall–Kier alpha value is -1.07. The summed E-state index contributed by atoms with van der Waals surface area (Å²) in [6.07, 6.45) is -1.26. The van der Waals surface area contributed by atoms with Crippen LogP contribution in [0.25, 0.3) is 0 Å². The molecule has 0 aliphatic heterocycles. The Morgan fingerprint density at radius 3 is 2.41 bits per heavy atom. The number of carbonyl (C=O) groups excluding carboxylic acids is 2. The number of amides is 1. The van der Waals surface area contributed by atoms with Gasteiger partial charge in [0.05, 0.1) is 6.04 Å². The van der Waals surface area contributed by atoms with Crippen LogP contribution >= 0.6 is 27.5 Å². The van der Waals surface area contributed by atoms with Gasteiger partial charge in [-0.2, -0.15) is 0 Å². The van der Waals surface area contributed by atoms with Crippen molar-refractivity contribution in [3.63, 3.8) is 0 Å². The van der Waals surface area contributed by atoms with Crippen LogP contribution in [0.1, 0.15) is 5.56 Å². The van der Waals surface area contributed by atoms with Crippen molar-refractivity contribution in [1.82, 2.24) is 5.32 Å². The van der Waals surface area contributed by atoms with E-state index >= 15 is 0 Å². The molecule has 1 N–H and O–H groups in total. The number of alkyl halides is 2. The topological polar surface area (TPSA) is 69.2 Å². The fraction of sp³-hybridized carbons (Fsp3) is 0.273. The highest BCUT2D eigenvalue weighted by Gasteiger charge is 2.23. The van der Waals surface area contributed by atoms with Crippen molar-refractivity contribution < 1.29 is 14.7 Å². The summed E-state index contributed by atoms with van der Waals surface area (Å²) < 4.78 is -0.928. The molecule has 4 nitrogen and oxygen atoms in total. The molecular weight excluding hydrogens is 309 g/mol. The molecular formula is C11H10BrClNO3-. The molecule has 92 valence electrons. The lowest BCUT2D eigenvalue weighted by Crippen LogP contribution is -2.49. The number of carboxylic acid groups (broad SMARTS) is 1. The third-order valence-corrected chi connectivity index (χ3v) is 2.80. The summed E-state index contributed by atoms with van der Waals surface area (Å²) in [5.41, 5.74) is 0.837. The number of nitrogens with one attached hydrogen (secondary N) is 1.